The van der Waals surface area contributed by atoms with Crippen LogP contribution in [0.4, 0.5) is 0 Å². The van der Waals surface area contributed by atoms with Crippen LogP contribution in [-0.2, 0) is 0 Å². The summed E-state index contributed by atoms with van der Waals surface area (Å²) in [6, 6.07) is 9.02. The fraction of sp³-hybridized carbons (Fsp3) is 0.267. The molecule has 0 aromatic carbocycles. The maximum Gasteiger partial charge on any atom is 0.254 e. The van der Waals surface area contributed by atoms with E-state index in [1.807, 2.05) is 23.1 Å². The number of ether oxygens (including phenoxy) is 1. The predicted molar refractivity (Wildman–Crippen MR) is 73.4 cm³/mol. The normalized spacial score (nSPS) is 18.0. The predicted octanol–water partition coefficient (Wildman–Crippen LogP) is 1.77. The lowest BCUT2D eigenvalue weighted by molar-refractivity contribution is 0.0771. The molecule has 1 unspecified atom stereocenters. The fourth-order valence-electron chi connectivity index (χ4n) is 2.27. The third kappa shape index (κ3) is 2.77. The molecular weight excluding hydrogens is 254 g/mol. The minimum Gasteiger partial charge on any atom is -0.472 e. The lowest BCUT2D eigenvalue weighted by Crippen LogP contribution is -2.31. The number of hydrogen-bond acceptors (Lipinski definition) is 4. The zero-order valence-corrected chi connectivity index (χ0v) is 11.0. The van der Waals surface area contributed by atoms with Crippen molar-refractivity contribution in [2.45, 2.75) is 12.5 Å². The van der Waals surface area contributed by atoms with Crippen LogP contribution in [0.5, 0.6) is 5.88 Å². The summed E-state index contributed by atoms with van der Waals surface area (Å²) < 4.78 is 5.77. The van der Waals surface area contributed by atoms with E-state index in [2.05, 4.69) is 9.97 Å². The summed E-state index contributed by atoms with van der Waals surface area (Å²) in [5.41, 5.74) is 0.665. The molecule has 1 aliphatic rings. The molecule has 1 fully saturated rings. The molecule has 20 heavy (non-hydrogen) atoms. The number of pyridine rings is 2. The molecule has 0 aliphatic carbocycles. The van der Waals surface area contributed by atoms with E-state index in [1.165, 1.54) is 0 Å². The van der Waals surface area contributed by atoms with Gasteiger partial charge in [0.05, 0.1) is 6.54 Å². The van der Waals surface area contributed by atoms with Crippen LogP contribution >= 0.6 is 0 Å². The van der Waals surface area contributed by atoms with Crippen LogP contribution in [0.2, 0.25) is 0 Å². The van der Waals surface area contributed by atoms with Crippen LogP contribution in [0.3, 0.4) is 0 Å². The van der Waals surface area contributed by atoms with Crippen molar-refractivity contribution in [2.24, 2.45) is 0 Å². The van der Waals surface area contributed by atoms with Crippen LogP contribution in [-0.4, -0.2) is 40.0 Å². The Kier molecular flexibility index (Phi) is 3.58. The Hall–Kier alpha value is -2.43. The Bertz CT molecular complexity index is 574. The first kappa shape index (κ1) is 12.6. The molecule has 3 rings (SSSR count). The molecule has 2 aromatic rings. The number of hydrogen-bond donors (Lipinski definition) is 0. The van der Waals surface area contributed by atoms with Gasteiger partial charge in [-0.1, -0.05) is 6.07 Å². The van der Waals surface area contributed by atoms with Gasteiger partial charge in [0.15, 0.2) is 0 Å². The first-order chi connectivity index (χ1) is 9.83. The number of amides is 1. The molecular formula is C15H15N3O2. The van der Waals surface area contributed by atoms with Gasteiger partial charge in [0.25, 0.3) is 5.91 Å². The van der Waals surface area contributed by atoms with Crippen molar-refractivity contribution in [1.29, 1.82) is 0 Å². The van der Waals surface area contributed by atoms with Gasteiger partial charge in [0.1, 0.15) is 6.10 Å². The highest BCUT2D eigenvalue weighted by atomic mass is 16.5. The second kappa shape index (κ2) is 5.69. The van der Waals surface area contributed by atoms with Crippen molar-refractivity contribution < 1.29 is 9.53 Å². The van der Waals surface area contributed by atoms with Crippen LogP contribution < -0.4 is 4.74 Å². The van der Waals surface area contributed by atoms with E-state index < -0.39 is 0 Å². The minimum atomic E-state index is 0.00990. The number of aromatic nitrogens is 2. The number of nitrogens with zero attached hydrogens (tertiary/aromatic N) is 3. The molecule has 1 amide bonds. The lowest BCUT2D eigenvalue weighted by Gasteiger charge is -2.16. The van der Waals surface area contributed by atoms with Crippen molar-refractivity contribution >= 4 is 5.91 Å². The van der Waals surface area contributed by atoms with E-state index in [1.54, 1.807) is 30.7 Å². The molecule has 0 N–H and O–H groups in total. The third-order valence-electron chi connectivity index (χ3n) is 3.28. The molecule has 3 heterocycles. The van der Waals surface area contributed by atoms with Crippen molar-refractivity contribution in [3.05, 3.63) is 54.5 Å². The Balaban J connectivity index is 1.61. The van der Waals surface area contributed by atoms with Gasteiger partial charge in [-0.05, 0) is 18.2 Å². The number of rotatable bonds is 3. The van der Waals surface area contributed by atoms with Crippen LogP contribution in [0.15, 0.2) is 48.9 Å². The fourth-order valence-corrected chi connectivity index (χ4v) is 2.27. The highest BCUT2D eigenvalue weighted by Gasteiger charge is 2.28. The van der Waals surface area contributed by atoms with Gasteiger partial charge in [0.2, 0.25) is 5.88 Å². The Morgan fingerprint density at radius 3 is 2.80 bits per heavy atom. The van der Waals surface area contributed by atoms with Crippen molar-refractivity contribution in [2.75, 3.05) is 13.1 Å². The summed E-state index contributed by atoms with van der Waals surface area (Å²) >= 11 is 0. The summed E-state index contributed by atoms with van der Waals surface area (Å²) in [5, 5.41) is 0. The zero-order valence-electron chi connectivity index (χ0n) is 11.0. The zero-order chi connectivity index (χ0) is 13.8. The van der Waals surface area contributed by atoms with Gasteiger partial charge in [-0.3, -0.25) is 9.78 Å². The van der Waals surface area contributed by atoms with E-state index in [-0.39, 0.29) is 12.0 Å². The monoisotopic (exact) mass is 269 g/mol. The van der Waals surface area contributed by atoms with Gasteiger partial charge in [-0.2, -0.15) is 0 Å². The van der Waals surface area contributed by atoms with E-state index in [9.17, 15) is 4.79 Å². The molecule has 5 heteroatoms. The van der Waals surface area contributed by atoms with Crippen molar-refractivity contribution in [3.63, 3.8) is 0 Å². The minimum absolute atomic E-state index is 0.00990. The molecule has 0 spiro atoms. The molecule has 2 aromatic heterocycles. The summed E-state index contributed by atoms with van der Waals surface area (Å²) in [6.07, 6.45) is 5.80. The Morgan fingerprint density at radius 1 is 1.20 bits per heavy atom. The molecule has 5 nitrogen and oxygen atoms in total. The van der Waals surface area contributed by atoms with Gasteiger partial charge >= 0.3 is 0 Å². The molecule has 0 radical (unpaired) electrons. The summed E-state index contributed by atoms with van der Waals surface area (Å²) in [4.78, 5) is 22.1. The van der Waals surface area contributed by atoms with Crippen LogP contribution in [0.25, 0.3) is 0 Å². The quantitative estimate of drug-likeness (QED) is 0.852. The number of carbonyl (C=O) groups is 1. The summed E-state index contributed by atoms with van der Waals surface area (Å²) in [6.45, 7) is 1.30. The van der Waals surface area contributed by atoms with E-state index >= 15 is 0 Å². The maximum atomic E-state index is 12.3. The van der Waals surface area contributed by atoms with Crippen molar-refractivity contribution in [1.82, 2.24) is 14.9 Å². The highest BCUT2D eigenvalue weighted by Crippen LogP contribution is 2.18. The van der Waals surface area contributed by atoms with Crippen molar-refractivity contribution in [3.8, 4) is 5.88 Å². The second-order valence-corrected chi connectivity index (χ2v) is 4.68. The summed E-state index contributed by atoms with van der Waals surface area (Å²) in [5.74, 6) is 0.634. The molecule has 0 saturated carbocycles. The first-order valence-electron chi connectivity index (χ1n) is 6.60. The molecule has 1 atom stereocenters. The van der Waals surface area contributed by atoms with Gasteiger partial charge in [-0.15, -0.1) is 0 Å². The van der Waals surface area contributed by atoms with E-state index in [0.717, 1.165) is 6.42 Å². The molecule has 0 bridgehead atoms. The average Bonchev–Trinajstić information content (AvgIpc) is 2.97. The standard InChI is InChI=1S/C15H15N3O2/c19-15(12-4-8-16-9-5-12)18-10-6-13(11-18)20-14-3-1-2-7-17-14/h1-5,7-9,13H,6,10-11H2. The SMILES string of the molecule is O=C(c1ccncc1)N1CCC(Oc2ccccn2)C1. The van der Waals surface area contributed by atoms with E-state index in [0.29, 0.717) is 24.5 Å². The largest absolute Gasteiger partial charge is 0.472 e. The Morgan fingerprint density at radius 2 is 2.05 bits per heavy atom. The van der Waals surface area contributed by atoms with Gasteiger partial charge in [-0.25, -0.2) is 4.98 Å². The number of carbonyl (C=O) groups excluding carboxylic acids is 1. The Labute approximate surface area is 117 Å². The maximum absolute atomic E-state index is 12.3. The van der Waals surface area contributed by atoms with Gasteiger partial charge in [0, 0.05) is 43.2 Å². The second-order valence-electron chi connectivity index (χ2n) is 4.68. The smallest absolute Gasteiger partial charge is 0.254 e. The van der Waals surface area contributed by atoms with E-state index in [4.69, 9.17) is 4.74 Å². The molecule has 1 aliphatic heterocycles. The summed E-state index contributed by atoms with van der Waals surface area (Å²) in [7, 11) is 0. The van der Waals surface area contributed by atoms with Gasteiger partial charge < -0.3 is 9.64 Å². The average molecular weight is 269 g/mol. The van der Waals surface area contributed by atoms with Crippen LogP contribution in [0, 0.1) is 0 Å². The third-order valence-corrected chi connectivity index (χ3v) is 3.28. The number of likely N-dealkylation sites (tertiary alicyclic amines) is 1. The molecule has 1 saturated heterocycles. The van der Waals surface area contributed by atoms with Crippen LogP contribution in [0.1, 0.15) is 16.8 Å². The highest BCUT2D eigenvalue weighted by molar-refractivity contribution is 5.94. The molecule has 102 valence electrons. The lowest BCUT2D eigenvalue weighted by atomic mass is 10.2. The first-order valence-corrected chi connectivity index (χ1v) is 6.60. The topological polar surface area (TPSA) is 55.3 Å².